The standard InChI is InChI=1S/C14H19BrFNO3/c15-12-4-5-13(16)11(9-12)10-17(7-8-18)6-2-1-3-14(19)20/h4-5,9,18H,1-3,6-8,10H2,(H,19,20). The average Bonchev–Trinajstić information content (AvgIpc) is 2.39. The number of carboxylic acid groups (broad SMARTS) is 1. The van der Waals surface area contributed by atoms with Crippen LogP contribution in [-0.2, 0) is 11.3 Å². The maximum atomic E-state index is 13.7. The number of rotatable bonds is 9. The summed E-state index contributed by atoms with van der Waals surface area (Å²) in [6.45, 7) is 1.48. The molecule has 0 fully saturated rings. The van der Waals surface area contributed by atoms with E-state index in [1.165, 1.54) is 6.07 Å². The topological polar surface area (TPSA) is 60.8 Å². The summed E-state index contributed by atoms with van der Waals surface area (Å²) in [4.78, 5) is 12.4. The van der Waals surface area contributed by atoms with E-state index in [4.69, 9.17) is 10.2 Å². The lowest BCUT2D eigenvalue weighted by Gasteiger charge is -2.21. The second-order valence-electron chi connectivity index (χ2n) is 4.59. The van der Waals surface area contributed by atoms with Gasteiger partial charge in [-0.1, -0.05) is 15.9 Å². The molecule has 6 heteroatoms. The molecule has 1 aromatic rings. The predicted octanol–water partition coefficient (Wildman–Crippen LogP) is 2.64. The lowest BCUT2D eigenvalue weighted by Crippen LogP contribution is -2.28. The highest BCUT2D eigenvalue weighted by Crippen LogP contribution is 2.17. The van der Waals surface area contributed by atoms with Gasteiger partial charge in [0.05, 0.1) is 6.61 Å². The van der Waals surface area contributed by atoms with Gasteiger partial charge in [0.15, 0.2) is 0 Å². The fourth-order valence-corrected chi connectivity index (χ4v) is 2.34. The fraction of sp³-hybridized carbons (Fsp3) is 0.500. The van der Waals surface area contributed by atoms with Crippen molar-refractivity contribution in [2.45, 2.75) is 25.8 Å². The van der Waals surface area contributed by atoms with Crippen LogP contribution in [0.4, 0.5) is 4.39 Å². The van der Waals surface area contributed by atoms with Crippen molar-refractivity contribution in [3.63, 3.8) is 0 Å². The van der Waals surface area contributed by atoms with Crippen LogP contribution in [0.2, 0.25) is 0 Å². The van der Waals surface area contributed by atoms with Crippen molar-refractivity contribution >= 4 is 21.9 Å². The largest absolute Gasteiger partial charge is 0.481 e. The van der Waals surface area contributed by atoms with E-state index in [1.54, 1.807) is 12.1 Å². The Kier molecular flexibility index (Phi) is 7.72. The molecule has 0 aliphatic rings. The molecule has 0 saturated carbocycles. The number of carbonyl (C=O) groups is 1. The van der Waals surface area contributed by atoms with Gasteiger partial charge in [0.1, 0.15) is 5.82 Å². The number of aliphatic hydroxyl groups is 1. The van der Waals surface area contributed by atoms with Crippen molar-refractivity contribution in [2.75, 3.05) is 19.7 Å². The number of hydrogen-bond acceptors (Lipinski definition) is 3. The van der Waals surface area contributed by atoms with Gasteiger partial charge in [0, 0.05) is 29.5 Å². The van der Waals surface area contributed by atoms with Crippen LogP contribution in [0.15, 0.2) is 22.7 Å². The van der Waals surface area contributed by atoms with Crippen molar-refractivity contribution in [1.82, 2.24) is 4.90 Å². The maximum Gasteiger partial charge on any atom is 0.303 e. The van der Waals surface area contributed by atoms with Gasteiger partial charge in [-0.15, -0.1) is 0 Å². The Morgan fingerprint density at radius 1 is 1.30 bits per heavy atom. The summed E-state index contributed by atoms with van der Waals surface area (Å²) < 4.78 is 14.5. The summed E-state index contributed by atoms with van der Waals surface area (Å²) in [5.41, 5.74) is 0.561. The molecule has 20 heavy (non-hydrogen) atoms. The van der Waals surface area contributed by atoms with Crippen LogP contribution in [0.1, 0.15) is 24.8 Å². The Labute approximate surface area is 126 Å². The van der Waals surface area contributed by atoms with Crippen molar-refractivity contribution in [1.29, 1.82) is 0 Å². The van der Waals surface area contributed by atoms with Gasteiger partial charge in [0.25, 0.3) is 0 Å². The monoisotopic (exact) mass is 347 g/mol. The van der Waals surface area contributed by atoms with Crippen molar-refractivity contribution in [3.8, 4) is 0 Å². The van der Waals surface area contributed by atoms with Crippen molar-refractivity contribution in [2.24, 2.45) is 0 Å². The van der Waals surface area contributed by atoms with E-state index in [-0.39, 0.29) is 18.8 Å². The molecular formula is C14H19BrFNO3. The van der Waals surface area contributed by atoms with Gasteiger partial charge in [-0.25, -0.2) is 4.39 Å². The molecule has 0 atom stereocenters. The van der Waals surface area contributed by atoms with Crippen LogP contribution < -0.4 is 0 Å². The Bertz CT molecular complexity index is 442. The molecular weight excluding hydrogens is 329 g/mol. The van der Waals surface area contributed by atoms with E-state index in [2.05, 4.69) is 15.9 Å². The van der Waals surface area contributed by atoms with Crippen LogP contribution in [0, 0.1) is 5.82 Å². The molecule has 0 spiro atoms. The smallest absolute Gasteiger partial charge is 0.303 e. The molecule has 0 aliphatic heterocycles. The van der Waals surface area contributed by atoms with E-state index < -0.39 is 5.97 Å². The Morgan fingerprint density at radius 2 is 2.05 bits per heavy atom. The third-order valence-electron chi connectivity index (χ3n) is 2.93. The first kappa shape index (κ1) is 17.1. The summed E-state index contributed by atoms with van der Waals surface area (Å²) in [6.07, 6.45) is 1.43. The summed E-state index contributed by atoms with van der Waals surface area (Å²) in [5.74, 6) is -1.08. The van der Waals surface area contributed by atoms with E-state index in [1.807, 2.05) is 4.90 Å². The zero-order valence-corrected chi connectivity index (χ0v) is 12.8. The van der Waals surface area contributed by atoms with Crippen LogP contribution in [0.25, 0.3) is 0 Å². The number of halogens is 2. The van der Waals surface area contributed by atoms with E-state index >= 15 is 0 Å². The summed E-state index contributed by atoms with van der Waals surface area (Å²) in [6, 6.07) is 4.76. The first-order chi connectivity index (χ1) is 9.52. The predicted molar refractivity (Wildman–Crippen MR) is 77.9 cm³/mol. The van der Waals surface area contributed by atoms with Crippen LogP contribution >= 0.6 is 15.9 Å². The lowest BCUT2D eigenvalue weighted by molar-refractivity contribution is -0.137. The van der Waals surface area contributed by atoms with E-state index in [9.17, 15) is 9.18 Å². The molecule has 0 bridgehead atoms. The Morgan fingerprint density at radius 3 is 2.70 bits per heavy atom. The summed E-state index contributed by atoms with van der Waals surface area (Å²) in [5, 5.41) is 17.6. The molecule has 0 heterocycles. The minimum Gasteiger partial charge on any atom is -0.481 e. The van der Waals surface area contributed by atoms with E-state index in [0.29, 0.717) is 38.0 Å². The molecule has 0 amide bonds. The molecule has 1 aromatic carbocycles. The molecule has 0 radical (unpaired) electrons. The first-order valence-electron chi connectivity index (χ1n) is 6.52. The Hall–Kier alpha value is -0.980. The second-order valence-corrected chi connectivity index (χ2v) is 5.50. The highest BCUT2D eigenvalue weighted by molar-refractivity contribution is 9.10. The highest BCUT2D eigenvalue weighted by atomic mass is 79.9. The lowest BCUT2D eigenvalue weighted by atomic mass is 10.1. The minimum absolute atomic E-state index is 0.00540. The molecule has 0 unspecified atom stereocenters. The van der Waals surface area contributed by atoms with Gasteiger partial charge in [-0.05, 0) is 37.6 Å². The van der Waals surface area contributed by atoms with Gasteiger partial charge < -0.3 is 10.2 Å². The highest BCUT2D eigenvalue weighted by Gasteiger charge is 2.10. The zero-order valence-electron chi connectivity index (χ0n) is 11.2. The molecule has 4 nitrogen and oxygen atoms in total. The van der Waals surface area contributed by atoms with Crippen LogP contribution in [0.5, 0.6) is 0 Å². The van der Waals surface area contributed by atoms with E-state index in [0.717, 1.165) is 4.47 Å². The SMILES string of the molecule is O=C(O)CCCCN(CCO)Cc1cc(Br)ccc1F. The van der Waals surface area contributed by atoms with Crippen molar-refractivity contribution in [3.05, 3.63) is 34.1 Å². The van der Waals surface area contributed by atoms with Crippen LogP contribution in [-0.4, -0.2) is 40.8 Å². The number of aliphatic carboxylic acids is 1. The summed E-state index contributed by atoms with van der Waals surface area (Å²) in [7, 11) is 0. The van der Waals surface area contributed by atoms with Gasteiger partial charge in [0.2, 0.25) is 0 Å². The minimum atomic E-state index is -0.809. The van der Waals surface area contributed by atoms with Gasteiger partial charge in [-0.3, -0.25) is 9.69 Å². The van der Waals surface area contributed by atoms with Crippen LogP contribution in [0.3, 0.4) is 0 Å². The number of nitrogens with zero attached hydrogens (tertiary/aromatic N) is 1. The number of hydrogen-bond donors (Lipinski definition) is 2. The maximum absolute atomic E-state index is 13.7. The number of benzene rings is 1. The van der Waals surface area contributed by atoms with Crippen molar-refractivity contribution < 1.29 is 19.4 Å². The summed E-state index contributed by atoms with van der Waals surface area (Å²) >= 11 is 3.31. The normalized spacial score (nSPS) is 11.0. The fourth-order valence-electron chi connectivity index (χ4n) is 1.93. The first-order valence-corrected chi connectivity index (χ1v) is 7.31. The third kappa shape index (κ3) is 6.45. The third-order valence-corrected chi connectivity index (χ3v) is 3.43. The molecule has 1 rings (SSSR count). The van der Waals surface area contributed by atoms with Gasteiger partial charge >= 0.3 is 5.97 Å². The number of unbranched alkanes of at least 4 members (excludes halogenated alkanes) is 1. The quantitative estimate of drug-likeness (QED) is 0.674. The average molecular weight is 348 g/mol. The Balaban J connectivity index is 2.53. The molecule has 0 aliphatic carbocycles. The molecule has 0 saturated heterocycles. The molecule has 0 aromatic heterocycles. The molecule has 2 N–H and O–H groups in total. The second kappa shape index (κ2) is 9.05. The number of aliphatic hydroxyl groups excluding tert-OH is 1. The molecule has 112 valence electrons. The number of carboxylic acids is 1. The van der Waals surface area contributed by atoms with Gasteiger partial charge in [-0.2, -0.15) is 0 Å². The zero-order chi connectivity index (χ0) is 15.0.